The van der Waals surface area contributed by atoms with E-state index in [0.717, 1.165) is 39.1 Å². The molecule has 0 spiro atoms. The lowest BCUT2D eigenvalue weighted by atomic mass is 9.71. The Hall–Kier alpha value is -0.0700. The maximum Gasteiger partial charge on any atom is 0.220 e. The molecule has 144 valence electrons. The van der Waals surface area contributed by atoms with Crippen LogP contribution in [0, 0.1) is 5.41 Å². The van der Waals surface area contributed by atoms with Crippen molar-refractivity contribution in [3.63, 3.8) is 0 Å². The molecule has 24 heavy (non-hydrogen) atoms. The number of carbonyl (C=O) groups excluding carboxylic acids is 1. The van der Waals surface area contributed by atoms with E-state index >= 15 is 0 Å². The van der Waals surface area contributed by atoms with Crippen LogP contribution in [-0.4, -0.2) is 55.7 Å². The predicted octanol–water partition coefficient (Wildman–Crippen LogP) is 2.35. The number of hydrogen-bond acceptors (Lipinski definition) is 4. The molecule has 0 aromatic rings. The Morgan fingerprint density at radius 3 is 2.29 bits per heavy atom. The van der Waals surface area contributed by atoms with E-state index < -0.39 is 0 Å². The number of carbonyl (C=O) groups is 1. The molecule has 3 N–H and O–H groups in total. The fourth-order valence-electron chi connectivity index (χ4n) is 3.82. The van der Waals surface area contributed by atoms with Crippen LogP contribution in [0.3, 0.4) is 0 Å². The zero-order valence-corrected chi connectivity index (χ0v) is 16.7. The lowest BCUT2D eigenvalue weighted by Crippen LogP contribution is -2.52. The summed E-state index contributed by atoms with van der Waals surface area (Å²) in [6.45, 7) is 8.42. The maximum atomic E-state index is 12.5. The van der Waals surface area contributed by atoms with Crippen molar-refractivity contribution in [1.29, 1.82) is 0 Å². The van der Waals surface area contributed by atoms with Crippen LogP contribution in [0.25, 0.3) is 0 Å². The van der Waals surface area contributed by atoms with Gasteiger partial charge in [-0.25, -0.2) is 0 Å². The number of amides is 1. The lowest BCUT2D eigenvalue weighted by Gasteiger charge is -2.38. The Bertz CT molecular complexity index is 360. The second-order valence-electron chi connectivity index (χ2n) is 7.19. The van der Waals surface area contributed by atoms with E-state index in [1.165, 1.54) is 19.3 Å². The zero-order valence-electron chi connectivity index (χ0n) is 15.1. The van der Waals surface area contributed by atoms with E-state index in [4.69, 9.17) is 10.5 Å². The van der Waals surface area contributed by atoms with Gasteiger partial charge in [0, 0.05) is 31.6 Å². The fraction of sp³-hybridized carbons (Fsp3) is 0.941. The molecule has 1 saturated heterocycles. The minimum absolute atomic E-state index is 0. The van der Waals surface area contributed by atoms with Crippen LogP contribution in [0.2, 0.25) is 0 Å². The van der Waals surface area contributed by atoms with Gasteiger partial charge in [-0.05, 0) is 38.6 Å². The van der Waals surface area contributed by atoms with Crippen LogP contribution in [0.1, 0.15) is 52.4 Å². The summed E-state index contributed by atoms with van der Waals surface area (Å²) in [5.74, 6) is 0.167. The van der Waals surface area contributed by atoms with Crippen LogP contribution in [0.5, 0.6) is 0 Å². The Morgan fingerprint density at radius 1 is 1.17 bits per heavy atom. The van der Waals surface area contributed by atoms with E-state index in [2.05, 4.69) is 24.1 Å². The molecule has 1 amide bonds. The molecule has 7 heteroatoms. The minimum atomic E-state index is 0. The average molecular weight is 384 g/mol. The number of nitrogens with zero attached hydrogens (tertiary/aromatic N) is 1. The second kappa shape index (κ2) is 11.5. The molecule has 0 aromatic heterocycles. The molecule has 0 bridgehead atoms. The SMILES string of the molecule is CC(NC(=O)CC1(CN)CCCCC1)C(C)N1CCOCC1.Cl.Cl. The molecule has 0 aromatic carbocycles. The first kappa shape index (κ1) is 23.9. The van der Waals surface area contributed by atoms with Crippen LogP contribution < -0.4 is 11.1 Å². The zero-order chi connectivity index (χ0) is 16.0. The summed E-state index contributed by atoms with van der Waals surface area (Å²) in [5.41, 5.74) is 6.04. The fourth-order valence-corrected chi connectivity index (χ4v) is 3.82. The number of nitrogens with one attached hydrogen (secondary N) is 1. The largest absolute Gasteiger partial charge is 0.379 e. The van der Waals surface area contributed by atoms with Crippen molar-refractivity contribution in [2.24, 2.45) is 11.1 Å². The maximum absolute atomic E-state index is 12.5. The number of morpholine rings is 1. The lowest BCUT2D eigenvalue weighted by molar-refractivity contribution is -0.125. The van der Waals surface area contributed by atoms with Gasteiger partial charge >= 0.3 is 0 Å². The summed E-state index contributed by atoms with van der Waals surface area (Å²) < 4.78 is 5.40. The molecule has 0 radical (unpaired) electrons. The predicted molar refractivity (Wildman–Crippen MR) is 103 cm³/mol. The number of rotatable bonds is 6. The monoisotopic (exact) mass is 383 g/mol. The van der Waals surface area contributed by atoms with Gasteiger partial charge in [-0.15, -0.1) is 24.8 Å². The van der Waals surface area contributed by atoms with Gasteiger partial charge in [-0.1, -0.05) is 19.3 Å². The number of halogens is 2. The molecular formula is C17H35Cl2N3O2. The standard InChI is InChI=1S/C17H33N3O2.2ClH/c1-14(15(2)20-8-10-22-11-9-20)19-16(21)12-17(13-18)6-4-3-5-7-17;;/h14-15H,3-13,18H2,1-2H3,(H,19,21);2*1H. The van der Waals surface area contributed by atoms with Crippen molar-refractivity contribution in [3.8, 4) is 0 Å². The molecular weight excluding hydrogens is 349 g/mol. The van der Waals surface area contributed by atoms with Crippen LogP contribution >= 0.6 is 24.8 Å². The number of nitrogens with two attached hydrogens (primary N) is 1. The minimum Gasteiger partial charge on any atom is -0.379 e. The summed E-state index contributed by atoms with van der Waals surface area (Å²) in [5, 5.41) is 3.21. The first-order chi connectivity index (χ1) is 10.6. The van der Waals surface area contributed by atoms with Crippen molar-refractivity contribution >= 4 is 30.7 Å². The van der Waals surface area contributed by atoms with E-state index in [1.54, 1.807) is 0 Å². The van der Waals surface area contributed by atoms with Gasteiger partial charge in [0.25, 0.3) is 0 Å². The number of hydrogen-bond donors (Lipinski definition) is 2. The van der Waals surface area contributed by atoms with Crippen LogP contribution in [-0.2, 0) is 9.53 Å². The van der Waals surface area contributed by atoms with E-state index in [1.807, 2.05) is 0 Å². The van der Waals surface area contributed by atoms with Crippen LogP contribution in [0.4, 0.5) is 0 Å². The van der Waals surface area contributed by atoms with E-state index in [9.17, 15) is 4.79 Å². The molecule has 2 rings (SSSR count). The quantitative estimate of drug-likeness (QED) is 0.738. The molecule has 2 unspecified atom stereocenters. The molecule has 2 aliphatic rings. The Balaban J connectivity index is 0.00000264. The third-order valence-corrected chi connectivity index (χ3v) is 5.62. The number of ether oxygens (including phenoxy) is 1. The van der Waals surface area contributed by atoms with Gasteiger partial charge in [0.1, 0.15) is 0 Å². The third kappa shape index (κ3) is 6.68. The van der Waals surface area contributed by atoms with E-state index in [0.29, 0.717) is 19.0 Å². The highest BCUT2D eigenvalue weighted by molar-refractivity contribution is 5.85. The van der Waals surface area contributed by atoms with Gasteiger partial charge in [0.2, 0.25) is 5.91 Å². The molecule has 5 nitrogen and oxygen atoms in total. The highest BCUT2D eigenvalue weighted by Crippen LogP contribution is 2.38. The molecule has 1 aliphatic heterocycles. The van der Waals surface area contributed by atoms with Gasteiger partial charge in [-0.3, -0.25) is 9.69 Å². The summed E-state index contributed by atoms with van der Waals surface area (Å²) in [7, 11) is 0. The Labute approximate surface area is 159 Å². The molecule has 1 aliphatic carbocycles. The van der Waals surface area contributed by atoms with Crippen molar-refractivity contribution in [1.82, 2.24) is 10.2 Å². The molecule has 2 fully saturated rings. The van der Waals surface area contributed by atoms with Crippen molar-refractivity contribution in [3.05, 3.63) is 0 Å². The Kier molecular flexibility index (Phi) is 11.5. The van der Waals surface area contributed by atoms with Gasteiger partial charge in [0.15, 0.2) is 0 Å². The van der Waals surface area contributed by atoms with Crippen molar-refractivity contribution < 1.29 is 9.53 Å². The highest BCUT2D eigenvalue weighted by Gasteiger charge is 2.33. The van der Waals surface area contributed by atoms with Crippen molar-refractivity contribution in [2.75, 3.05) is 32.8 Å². The van der Waals surface area contributed by atoms with Crippen molar-refractivity contribution in [2.45, 2.75) is 64.5 Å². The van der Waals surface area contributed by atoms with Gasteiger partial charge in [-0.2, -0.15) is 0 Å². The summed E-state index contributed by atoms with van der Waals surface area (Å²) in [6.07, 6.45) is 6.50. The summed E-state index contributed by atoms with van der Waals surface area (Å²) >= 11 is 0. The first-order valence-corrected chi connectivity index (χ1v) is 8.87. The smallest absolute Gasteiger partial charge is 0.220 e. The molecule has 1 saturated carbocycles. The Morgan fingerprint density at radius 2 is 1.75 bits per heavy atom. The van der Waals surface area contributed by atoms with Gasteiger partial charge in [0.05, 0.1) is 13.2 Å². The topological polar surface area (TPSA) is 67.6 Å². The second-order valence-corrected chi connectivity index (χ2v) is 7.19. The van der Waals surface area contributed by atoms with Gasteiger partial charge < -0.3 is 15.8 Å². The average Bonchev–Trinajstić information content (AvgIpc) is 2.55. The molecule has 1 heterocycles. The van der Waals surface area contributed by atoms with E-state index in [-0.39, 0.29) is 42.2 Å². The highest BCUT2D eigenvalue weighted by atomic mass is 35.5. The summed E-state index contributed by atoms with van der Waals surface area (Å²) in [4.78, 5) is 14.9. The first-order valence-electron chi connectivity index (χ1n) is 8.87. The third-order valence-electron chi connectivity index (χ3n) is 5.62. The summed E-state index contributed by atoms with van der Waals surface area (Å²) in [6, 6.07) is 0.497. The normalized spacial score (nSPS) is 23.3. The van der Waals surface area contributed by atoms with Crippen LogP contribution in [0.15, 0.2) is 0 Å². The molecule has 2 atom stereocenters.